The number of Topliss-reactive ketones (excluding diaryl/α,β-unsaturated/α-hetero) is 2. The second-order valence-electron chi connectivity index (χ2n) is 5.45. The van der Waals surface area contributed by atoms with E-state index in [1.807, 2.05) is 27.7 Å². The Morgan fingerprint density at radius 3 is 2.05 bits per heavy atom. The Labute approximate surface area is 120 Å². The molecule has 0 saturated heterocycles. The SMILES string of the molecule is CC(=O)C(NC(=O)/C=C(/C)C(=O)COC(C)C)C(C)C. The zero-order chi connectivity index (χ0) is 15.9. The van der Waals surface area contributed by atoms with Gasteiger partial charge in [-0.2, -0.15) is 0 Å². The Balaban J connectivity index is 4.59. The number of ketones is 2. The molecule has 0 aromatic rings. The molecule has 0 aliphatic carbocycles. The van der Waals surface area contributed by atoms with Crippen LogP contribution in [0.4, 0.5) is 0 Å². The Kier molecular flexibility index (Phi) is 7.99. The average molecular weight is 283 g/mol. The van der Waals surface area contributed by atoms with Gasteiger partial charge >= 0.3 is 0 Å². The van der Waals surface area contributed by atoms with E-state index in [2.05, 4.69) is 5.32 Å². The molecule has 0 aliphatic heterocycles. The highest BCUT2D eigenvalue weighted by Gasteiger charge is 2.20. The first-order valence-corrected chi connectivity index (χ1v) is 6.79. The second-order valence-corrected chi connectivity index (χ2v) is 5.45. The van der Waals surface area contributed by atoms with Crippen LogP contribution in [0.2, 0.25) is 0 Å². The average Bonchev–Trinajstić information content (AvgIpc) is 2.31. The van der Waals surface area contributed by atoms with Gasteiger partial charge in [-0.15, -0.1) is 0 Å². The minimum absolute atomic E-state index is 0.00475. The maximum Gasteiger partial charge on any atom is 0.244 e. The minimum atomic E-state index is -0.534. The van der Waals surface area contributed by atoms with Gasteiger partial charge in [-0.05, 0) is 39.2 Å². The number of ether oxygens (including phenoxy) is 1. The molecule has 5 nitrogen and oxygen atoms in total. The molecule has 1 N–H and O–H groups in total. The van der Waals surface area contributed by atoms with Gasteiger partial charge in [0.1, 0.15) is 6.61 Å². The van der Waals surface area contributed by atoms with Crippen molar-refractivity contribution in [3.05, 3.63) is 11.6 Å². The number of carbonyl (C=O) groups is 3. The maximum atomic E-state index is 11.8. The molecule has 0 aliphatic rings. The van der Waals surface area contributed by atoms with E-state index in [9.17, 15) is 14.4 Å². The van der Waals surface area contributed by atoms with Crippen molar-refractivity contribution in [1.29, 1.82) is 0 Å². The molecule has 5 heteroatoms. The van der Waals surface area contributed by atoms with Crippen molar-refractivity contribution in [3.63, 3.8) is 0 Å². The fourth-order valence-electron chi connectivity index (χ4n) is 1.57. The van der Waals surface area contributed by atoms with Crippen molar-refractivity contribution >= 4 is 17.5 Å². The van der Waals surface area contributed by atoms with Gasteiger partial charge in [-0.25, -0.2) is 0 Å². The zero-order valence-corrected chi connectivity index (χ0v) is 13.1. The van der Waals surface area contributed by atoms with E-state index in [-0.39, 0.29) is 30.2 Å². The number of rotatable bonds is 8. The van der Waals surface area contributed by atoms with Gasteiger partial charge in [0.2, 0.25) is 5.91 Å². The normalized spacial score (nSPS) is 13.5. The lowest BCUT2D eigenvalue weighted by molar-refractivity contribution is -0.125. The quantitative estimate of drug-likeness (QED) is 0.688. The fourth-order valence-corrected chi connectivity index (χ4v) is 1.57. The molecule has 0 bridgehead atoms. The molecular formula is C15H25NO4. The lowest BCUT2D eigenvalue weighted by Gasteiger charge is -2.18. The standard InChI is InChI=1S/C15H25NO4/c1-9(2)15(12(6)17)16-14(19)7-11(5)13(18)8-20-10(3)4/h7,9-10,15H,8H2,1-6H3,(H,16,19)/b11-7-. The topological polar surface area (TPSA) is 72.5 Å². The predicted octanol–water partition coefficient (Wildman–Crippen LogP) is 1.66. The van der Waals surface area contributed by atoms with Gasteiger partial charge in [-0.1, -0.05) is 13.8 Å². The van der Waals surface area contributed by atoms with Crippen molar-refractivity contribution in [2.75, 3.05) is 6.61 Å². The van der Waals surface area contributed by atoms with Crippen LogP contribution in [0.15, 0.2) is 11.6 Å². The van der Waals surface area contributed by atoms with Gasteiger partial charge in [-0.3, -0.25) is 14.4 Å². The minimum Gasteiger partial charge on any atom is -0.371 e. The molecule has 0 aromatic carbocycles. The van der Waals surface area contributed by atoms with Crippen LogP contribution in [0, 0.1) is 5.92 Å². The van der Waals surface area contributed by atoms with Crippen LogP contribution in [-0.4, -0.2) is 36.2 Å². The van der Waals surface area contributed by atoms with E-state index >= 15 is 0 Å². The van der Waals surface area contributed by atoms with Gasteiger partial charge < -0.3 is 10.1 Å². The molecule has 0 rings (SSSR count). The van der Waals surface area contributed by atoms with E-state index in [4.69, 9.17) is 4.74 Å². The second kappa shape index (κ2) is 8.64. The Morgan fingerprint density at radius 2 is 1.65 bits per heavy atom. The van der Waals surface area contributed by atoms with Crippen LogP contribution in [0.25, 0.3) is 0 Å². The maximum absolute atomic E-state index is 11.8. The van der Waals surface area contributed by atoms with Crippen molar-refractivity contribution in [1.82, 2.24) is 5.32 Å². The Bertz CT molecular complexity index is 397. The molecule has 114 valence electrons. The van der Waals surface area contributed by atoms with Crippen molar-refractivity contribution in [2.45, 2.75) is 53.7 Å². The summed E-state index contributed by atoms with van der Waals surface area (Å²) in [5, 5.41) is 2.61. The summed E-state index contributed by atoms with van der Waals surface area (Å²) in [6.45, 7) is 10.3. The highest BCUT2D eigenvalue weighted by Crippen LogP contribution is 2.04. The number of carbonyl (C=O) groups excluding carboxylic acids is 3. The molecular weight excluding hydrogens is 258 g/mol. The third-order valence-electron chi connectivity index (χ3n) is 2.74. The van der Waals surface area contributed by atoms with Crippen molar-refractivity contribution in [2.24, 2.45) is 5.92 Å². The number of nitrogens with one attached hydrogen (secondary N) is 1. The smallest absolute Gasteiger partial charge is 0.244 e. The molecule has 0 spiro atoms. The van der Waals surface area contributed by atoms with Gasteiger partial charge in [0, 0.05) is 6.08 Å². The number of hydrogen-bond donors (Lipinski definition) is 1. The lowest BCUT2D eigenvalue weighted by atomic mass is 10.0. The van der Waals surface area contributed by atoms with Gasteiger partial charge in [0.05, 0.1) is 12.1 Å². The summed E-state index contributed by atoms with van der Waals surface area (Å²) in [7, 11) is 0. The van der Waals surface area contributed by atoms with Crippen LogP contribution in [0.1, 0.15) is 41.5 Å². The van der Waals surface area contributed by atoms with Crippen molar-refractivity contribution in [3.8, 4) is 0 Å². The van der Waals surface area contributed by atoms with Crippen molar-refractivity contribution < 1.29 is 19.1 Å². The fraction of sp³-hybridized carbons (Fsp3) is 0.667. The molecule has 0 fully saturated rings. The summed E-state index contributed by atoms with van der Waals surface area (Å²) >= 11 is 0. The molecule has 0 aromatic heterocycles. The Morgan fingerprint density at radius 1 is 1.10 bits per heavy atom. The highest BCUT2D eigenvalue weighted by atomic mass is 16.5. The summed E-state index contributed by atoms with van der Waals surface area (Å²) < 4.78 is 5.19. The first-order chi connectivity index (χ1) is 9.15. The largest absolute Gasteiger partial charge is 0.371 e. The third kappa shape index (κ3) is 7.19. The zero-order valence-electron chi connectivity index (χ0n) is 13.1. The van der Waals surface area contributed by atoms with Gasteiger partial charge in [0.25, 0.3) is 0 Å². The number of amides is 1. The molecule has 1 amide bonds. The van der Waals surface area contributed by atoms with E-state index < -0.39 is 11.9 Å². The summed E-state index contributed by atoms with van der Waals surface area (Å²) in [6.07, 6.45) is 1.17. The Hall–Kier alpha value is -1.49. The summed E-state index contributed by atoms with van der Waals surface area (Å²) in [5.41, 5.74) is 0.314. The van der Waals surface area contributed by atoms with E-state index in [1.54, 1.807) is 6.92 Å². The van der Waals surface area contributed by atoms with Crippen LogP contribution in [0.3, 0.4) is 0 Å². The van der Waals surface area contributed by atoms with E-state index in [0.717, 1.165) is 0 Å². The van der Waals surface area contributed by atoms with Crippen LogP contribution in [0.5, 0.6) is 0 Å². The number of hydrogen-bond acceptors (Lipinski definition) is 4. The van der Waals surface area contributed by atoms with Crippen LogP contribution >= 0.6 is 0 Å². The predicted molar refractivity (Wildman–Crippen MR) is 77.3 cm³/mol. The highest BCUT2D eigenvalue weighted by molar-refractivity contribution is 6.03. The summed E-state index contributed by atoms with van der Waals surface area (Å²) in [6, 6.07) is -0.534. The third-order valence-corrected chi connectivity index (χ3v) is 2.74. The first-order valence-electron chi connectivity index (χ1n) is 6.79. The monoisotopic (exact) mass is 283 g/mol. The first kappa shape index (κ1) is 18.5. The summed E-state index contributed by atoms with van der Waals surface area (Å²) in [4.78, 5) is 34.9. The summed E-state index contributed by atoms with van der Waals surface area (Å²) in [5.74, 6) is -0.772. The van der Waals surface area contributed by atoms with Crippen LogP contribution in [-0.2, 0) is 19.1 Å². The molecule has 0 saturated carbocycles. The lowest BCUT2D eigenvalue weighted by Crippen LogP contribution is -2.42. The van der Waals surface area contributed by atoms with Crippen LogP contribution < -0.4 is 5.32 Å². The molecule has 0 heterocycles. The van der Waals surface area contributed by atoms with E-state index in [0.29, 0.717) is 5.57 Å². The van der Waals surface area contributed by atoms with E-state index in [1.165, 1.54) is 13.0 Å². The van der Waals surface area contributed by atoms with Gasteiger partial charge in [0.15, 0.2) is 11.6 Å². The molecule has 1 atom stereocenters. The molecule has 0 radical (unpaired) electrons. The molecule has 20 heavy (non-hydrogen) atoms. The molecule has 1 unspecified atom stereocenters.